The van der Waals surface area contributed by atoms with Crippen molar-refractivity contribution in [3.05, 3.63) is 120 Å². The minimum atomic E-state index is -1.04. The second kappa shape index (κ2) is 12.0. The number of ether oxygens (including phenoxy) is 5. The Morgan fingerprint density at radius 1 is 0.743 bits per heavy atom. The summed E-state index contributed by atoms with van der Waals surface area (Å²) in [5, 5.41) is 0. The lowest BCUT2D eigenvalue weighted by molar-refractivity contribution is -0.229. The van der Waals surface area contributed by atoms with Crippen LogP contribution < -0.4 is 0 Å². The smallest absolute Gasteiger partial charge is 0.373 e. The predicted molar refractivity (Wildman–Crippen MR) is 127 cm³/mol. The molecule has 0 saturated carbocycles. The van der Waals surface area contributed by atoms with Crippen LogP contribution in [0.15, 0.2) is 103 Å². The Kier molecular flexibility index (Phi) is 8.27. The van der Waals surface area contributed by atoms with Crippen molar-refractivity contribution in [3.63, 3.8) is 0 Å². The molecule has 0 N–H and O–H groups in total. The second-order valence-electron chi connectivity index (χ2n) is 7.80. The topological polar surface area (TPSA) is 80.3 Å². The third-order valence-corrected chi connectivity index (χ3v) is 5.33. The zero-order valence-corrected chi connectivity index (χ0v) is 19.2. The Balaban J connectivity index is 1.60. The van der Waals surface area contributed by atoms with E-state index in [2.05, 4.69) is 0 Å². The number of carbonyl (C=O) groups is 2. The fourth-order valence-corrected chi connectivity index (χ4v) is 3.54. The average molecular weight is 475 g/mol. The van der Waals surface area contributed by atoms with Crippen LogP contribution in [0.1, 0.15) is 21.5 Å². The van der Waals surface area contributed by atoms with Gasteiger partial charge < -0.3 is 23.7 Å². The van der Waals surface area contributed by atoms with Crippen LogP contribution in [0.2, 0.25) is 0 Å². The molecule has 0 fully saturated rings. The largest absolute Gasteiger partial charge is 0.463 e. The van der Waals surface area contributed by atoms with Gasteiger partial charge in [0.25, 0.3) is 0 Å². The van der Waals surface area contributed by atoms with Crippen LogP contribution in [-0.2, 0) is 41.7 Å². The van der Waals surface area contributed by atoms with Gasteiger partial charge in [-0.3, -0.25) is 0 Å². The molecule has 0 aliphatic carbocycles. The first-order chi connectivity index (χ1) is 17.1. The molecule has 1 heterocycles. The molecule has 1 aliphatic heterocycles. The van der Waals surface area contributed by atoms with E-state index in [1.54, 1.807) is 30.3 Å². The van der Waals surface area contributed by atoms with Gasteiger partial charge in [-0.2, -0.15) is 0 Å². The van der Waals surface area contributed by atoms with E-state index < -0.39 is 30.4 Å². The van der Waals surface area contributed by atoms with Crippen molar-refractivity contribution in [1.29, 1.82) is 0 Å². The van der Waals surface area contributed by atoms with E-state index in [4.69, 9.17) is 23.7 Å². The Morgan fingerprint density at radius 3 is 1.86 bits per heavy atom. The second-order valence-corrected chi connectivity index (χ2v) is 7.80. The van der Waals surface area contributed by atoms with E-state index in [1.165, 1.54) is 13.2 Å². The maximum Gasteiger partial charge on any atom is 0.373 e. The Labute approximate surface area is 203 Å². The molecule has 0 saturated heterocycles. The van der Waals surface area contributed by atoms with Gasteiger partial charge >= 0.3 is 11.9 Å². The van der Waals surface area contributed by atoms with E-state index in [0.29, 0.717) is 5.56 Å². The van der Waals surface area contributed by atoms with E-state index in [-0.39, 0.29) is 19.0 Å². The minimum absolute atomic E-state index is 0.115. The maximum atomic E-state index is 12.9. The molecule has 1 aliphatic rings. The molecule has 7 heteroatoms. The third-order valence-electron chi connectivity index (χ3n) is 5.33. The summed E-state index contributed by atoms with van der Waals surface area (Å²) in [7, 11) is 1.25. The first kappa shape index (κ1) is 24.2. The number of benzene rings is 3. The van der Waals surface area contributed by atoms with Crippen molar-refractivity contribution in [2.45, 2.75) is 31.7 Å². The molecule has 0 radical (unpaired) electrons. The summed E-state index contributed by atoms with van der Waals surface area (Å²) < 4.78 is 28.6. The zero-order chi connectivity index (χ0) is 24.5. The maximum absolute atomic E-state index is 12.9. The van der Waals surface area contributed by atoms with E-state index in [1.807, 2.05) is 60.7 Å². The number of methoxy groups -OCH3 is 1. The van der Waals surface area contributed by atoms with E-state index >= 15 is 0 Å². The highest BCUT2D eigenvalue weighted by Crippen LogP contribution is 2.27. The fraction of sp³-hybridized carbons (Fsp3) is 0.214. The van der Waals surface area contributed by atoms with Crippen LogP contribution in [-0.4, -0.2) is 37.5 Å². The van der Waals surface area contributed by atoms with Crippen LogP contribution >= 0.6 is 0 Å². The molecule has 0 amide bonds. The molecule has 3 aromatic rings. The highest BCUT2D eigenvalue weighted by Gasteiger charge is 2.41. The summed E-state index contributed by atoms with van der Waals surface area (Å²) >= 11 is 0. The van der Waals surface area contributed by atoms with Gasteiger partial charge in [0.15, 0.2) is 12.2 Å². The van der Waals surface area contributed by atoms with Gasteiger partial charge in [-0.1, -0.05) is 78.9 Å². The number of hydrogen-bond acceptors (Lipinski definition) is 7. The summed E-state index contributed by atoms with van der Waals surface area (Å²) in [5.74, 6) is -1.38. The summed E-state index contributed by atoms with van der Waals surface area (Å²) in [6, 6.07) is 27.7. The van der Waals surface area contributed by atoms with E-state index in [9.17, 15) is 9.59 Å². The van der Waals surface area contributed by atoms with Gasteiger partial charge in [0.2, 0.25) is 12.0 Å². The standard InChI is InChI=1S/C28H26O7/c1-31-27(30)24-17-23(34-26(29)22-15-9-4-10-16-22)25(32-18-20-11-5-2-6-12-20)28(35-24)33-19-21-13-7-3-8-14-21/h2-17,23,25,28H,18-19H2,1H3/t23-,25+,28+/m0/s1. The highest BCUT2D eigenvalue weighted by atomic mass is 16.7. The van der Waals surface area contributed by atoms with Crippen molar-refractivity contribution in [2.24, 2.45) is 0 Å². The minimum Gasteiger partial charge on any atom is -0.463 e. The normalized spacial score (nSPS) is 19.2. The molecule has 4 rings (SSSR count). The van der Waals surface area contributed by atoms with Crippen molar-refractivity contribution >= 4 is 11.9 Å². The van der Waals surface area contributed by atoms with Crippen molar-refractivity contribution in [3.8, 4) is 0 Å². The fourth-order valence-electron chi connectivity index (χ4n) is 3.54. The lowest BCUT2D eigenvalue weighted by Gasteiger charge is -2.35. The van der Waals surface area contributed by atoms with Gasteiger partial charge in [0.05, 0.1) is 25.9 Å². The van der Waals surface area contributed by atoms with Crippen molar-refractivity contribution in [1.82, 2.24) is 0 Å². The van der Waals surface area contributed by atoms with Crippen LogP contribution in [0, 0.1) is 0 Å². The average Bonchev–Trinajstić information content (AvgIpc) is 2.92. The Morgan fingerprint density at radius 2 is 1.29 bits per heavy atom. The summed E-state index contributed by atoms with van der Waals surface area (Å²) in [5.41, 5.74) is 2.20. The SMILES string of the molecule is COC(=O)C1=C[C@H](OC(=O)c2ccccc2)[C@@H](OCc2ccccc2)[C@H](OCc2ccccc2)O1. The van der Waals surface area contributed by atoms with Gasteiger partial charge in [-0.25, -0.2) is 9.59 Å². The van der Waals surface area contributed by atoms with Crippen molar-refractivity contribution < 1.29 is 33.3 Å². The molecule has 3 atom stereocenters. The molecule has 0 unspecified atom stereocenters. The molecule has 7 nitrogen and oxygen atoms in total. The predicted octanol–water partition coefficient (Wildman–Crippen LogP) is 4.43. The molecule has 0 spiro atoms. The van der Waals surface area contributed by atoms with Crippen LogP contribution in [0.4, 0.5) is 0 Å². The van der Waals surface area contributed by atoms with Gasteiger partial charge in [0.1, 0.15) is 0 Å². The van der Waals surface area contributed by atoms with Crippen LogP contribution in [0.5, 0.6) is 0 Å². The third kappa shape index (κ3) is 6.56. The Hall–Kier alpha value is -3.94. The summed E-state index contributed by atoms with van der Waals surface area (Å²) in [4.78, 5) is 25.2. The lowest BCUT2D eigenvalue weighted by Crippen LogP contribution is -2.47. The van der Waals surface area contributed by atoms with Crippen molar-refractivity contribution in [2.75, 3.05) is 7.11 Å². The van der Waals surface area contributed by atoms with Gasteiger partial charge in [-0.05, 0) is 23.3 Å². The first-order valence-corrected chi connectivity index (χ1v) is 11.2. The zero-order valence-electron chi connectivity index (χ0n) is 19.2. The Bertz CT molecular complexity index is 1130. The van der Waals surface area contributed by atoms with E-state index in [0.717, 1.165) is 11.1 Å². The van der Waals surface area contributed by atoms with Crippen LogP contribution in [0.3, 0.4) is 0 Å². The lowest BCUT2D eigenvalue weighted by atomic mass is 10.1. The number of hydrogen-bond donors (Lipinski definition) is 0. The molecule has 35 heavy (non-hydrogen) atoms. The summed E-state index contributed by atoms with van der Waals surface area (Å²) in [6.45, 7) is 0.422. The number of esters is 2. The quantitative estimate of drug-likeness (QED) is 0.425. The number of rotatable bonds is 9. The van der Waals surface area contributed by atoms with Gasteiger partial charge in [-0.15, -0.1) is 0 Å². The molecule has 180 valence electrons. The number of carbonyl (C=O) groups excluding carboxylic acids is 2. The highest BCUT2D eigenvalue weighted by molar-refractivity contribution is 5.90. The molecule has 0 aromatic heterocycles. The van der Waals surface area contributed by atoms with Gasteiger partial charge in [0, 0.05) is 6.08 Å². The monoisotopic (exact) mass is 474 g/mol. The molecular weight excluding hydrogens is 448 g/mol. The van der Waals surface area contributed by atoms with Crippen LogP contribution in [0.25, 0.3) is 0 Å². The first-order valence-electron chi connectivity index (χ1n) is 11.2. The molecule has 3 aromatic carbocycles. The molecule has 0 bridgehead atoms. The summed E-state index contributed by atoms with van der Waals surface area (Å²) in [6.07, 6.45) is -1.45. The molecular formula is C28H26O7.